The number of ether oxygens (including phenoxy) is 6. The highest BCUT2D eigenvalue weighted by atomic mass is 16.5. The van der Waals surface area contributed by atoms with E-state index in [2.05, 4.69) is 10.6 Å². The zero-order valence-corrected chi connectivity index (χ0v) is 26.4. The summed E-state index contributed by atoms with van der Waals surface area (Å²) in [5.74, 6) is 2.99. The molecule has 0 radical (unpaired) electrons. The molecule has 2 amide bonds. The number of nitrogens with one attached hydrogen (secondary N) is 2. The van der Waals surface area contributed by atoms with Gasteiger partial charge in [-0.15, -0.1) is 0 Å². The van der Waals surface area contributed by atoms with Crippen molar-refractivity contribution in [1.29, 1.82) is 0 Å². The summed E-state index contributed by atoms with van der Waals surface area (Å²) in [7, 11) is 9.36. The second kappa shape index (κ2) is 23.5. The lowest BCUT2D eigenvalue weighted by Crippen LogP contribution is -2.23. The van der Waals surface area contributed by atoms with E-state index < -0.39 is 0 Å². The maximum absolute atomic E-state index is 12.1. The molecule has 0 unspecified atom stereocenters. The van der Waals surface area contributed by atoms with E-state index in [9.17, 15) is 9.59 Å². The van der Waals surface area contributed by atoms with Crippen LogP contribution in [0, 0.1) is 0 Å². The van der Waals surface area contributed by atoms with Crippen LogP contribution in [0.2, 0.25) is 0 Å². The van der Waals surface area contributed by atoms with Gasteiger partial charge in [-0.05, 0) is 48.2 Å². The Kier molecular flexibility index (Phi) is 21.0. The molecule has 2 aromatic rings. The van der Waals surface area contributed by atoms with Gasteiger partial charge < -0.3 is 39.1 Å². The molecule has 254 valence electrons. The van der Waals surface area contributed by atoms with Gasteiger partial charge in [0.15, 0.2) is 23.0 Å². The van der Waals surface area contributed by atoms with E-state index in [4.69, 9.17) is 28.4 Å². The van der Waals surface area contributed by atoms with Gasteiger partial charge >= 0.3 is 0 Å². The quantitative estimate of drug-likeness (QED) is 0.0998. The van der Waals surface area contributed by atoms with E-state index in [0.717, 1.165) is 36.8 Å². The molecule has 0 spiro atoms. The predicted octanol–water partition coefficient (Wildman–Crippen LogP) is 6.64. The molecule has 46 heavy (non-hydrogen) atoms. The second-order valence-electron chi connectivity index (χ2n) is 9.35. The monoisotopic (exact) mass is 640 g/mol. The molecule has 0 saturated carbocycles. The average molecular weight is 641 g/mol. The maximum atomic E-state index is 12.1. The Bertz CT molecular complexity index is 1180. The summed E-state index contributed by atoms with van der Waals surface area (Å²) >= 11 is 0. The molecule has 0 aromatic heterocycles. The number of hydrogen-bond acceptors (Lipinski definition) is 8. The van der Waals surface area contributed by atoms with Gasteiger partial charge in [-0.3, -0.25) is 9.59 Å². The minimum Gasteiger partial charge on any atom is -0.493 e. The molecule has 2 aromatic carbocycles. The van der Waals surface area contributed by atoms with Crippen molar-refractivity contribution in [2.45, 2.75) is 40.5 Å². The first-order valence-corrected chi connectivity index (χ1v) is 14.3. The molecule has 0 bridgehead atoms. The number of methoxy groups -OCH3 is 6. The fraction of sp³-hybridized carbons (Fsp3) is 0.389. The summed E-state index contributed by atoms with van der Waals surface area (Å²) in [6, 6.07) is 7.30. The van der Waals surface area contributed by atoms with E-state index in [0.29, 0.717) is 47.6 Å². The van der Waals surface area contributed by atoms with Crippen LogP contribution in [-0.4, -0.2) is 67.6 Å². The SMILES string of the molecule is C.C.COc1cc(/C=C/C=C/C(=O)NCCCCCCNC(=O)/C=C/C=C/c2cc(OC)c(OC)c(OC)c2)cc(OC)c1OC. The predicted molar refractivity (Wildman–Crippen MR) is 186 cm³/mol. The van der Waals surface area contributed by atoms with Crippen molar-refractivity contribution >= 4 is 24.0 Å². The average Bonchev–Trinajstić information content (AvgIpc) is 3.04. The van der Waals surface area contributed by atoms with Gasteiger partial charge in [-0.25, -0.2) is 0 Å². The van der Waals surface area contributed by atoms with Gasteiger partial charge in [0.25, 0.3) is 0 Å². The lowest BCUT2D eigenvalue weighted by Gasteiger charge is -2.12. The molecular weight excluding hydrogens is 588 g/mol. The van der Waals surface area contributed by atoms with E-state index in [-0.39, 0.29) is 26.7 Å². The van der Waals surface area contributed by atoms with Crippen LogP contribution in [0.3, 0.4) is 0 Å². The second-order valence-corrected chi connectivity index (χ2v) is 9.35. The normalized spacial score (nSPS) is 10.8. The van der Waals surface area contributed by atoms with Crippen LogP contribution in [0.5, 0.6) is 34.5 Å². The summed E-state index contributed by atoms with van der Waals surface area (Å²) in [5, 5.41) is 5.76. The highest BCUT2D eigenvalue weighted by Gasteiger charge is 2.13. The van der Waals surface area contributed by atoms with Gasteiger partial charge in [0.2, 0.25) is 23.3 Å². The number of hydrogen-bond donors (Lipinski definition) is 2. The first-order valence-electron chi connectivity index (χ1n) is 14.3. The molecule has 10 heteroatoms. The summed E-state index contributed by atoms with van der Waals surface area (Å²) in [6.07, 6.45) is 17.2. The molecule has 0 aliphatic heterocycles. The zero-order valence-electron chi connectivity index (χ0n) is 26.4. The van der Waals surface area contributed by atoms with Gasteiger partial charge in [0.1, 0.15) is 0 Å². The van der Waals surface area contributed by atoms with Crippen molar-refractivity contribution in [2.24, 2.45) is 0 Å². The molecule has 10 nitrogen and oxygen atoms in total. The van der Waals surface area contributed by atoms with Crippen LogP contribution in [0.4, 0.5) is 0 Å². The third kappa shape index (κ3) is 13.8. The molecule has 0 saturated heterocycles. The summed E-state index contributed by atoms with van der Waals surface area (Å²) in [5.41, 5.74) is 1.70. The Morgan fingerprint density at radius 3 is 1.13 bits per heavy atom. The van der Waals surface area contributed by atoms with Gasteiger partial charge in [-0.2, -0.15) is 0 Å². The maximum Gasteiger partial charge on any atom is 0.243 e. The first-order chi connectivity index (χ1) is 21.4. The van der Waals surface area contributed by atoms with Crippen LogP contribution in [0.1, 0.15) is 51.7 Å². The van der Waals surface area contributed by atoms with Crippen molar-refractivity contribution in [3.8, 4) is 34.5 Å². The number of carbonyl (C=O) groups excluding carboxylic acids is 2. The van der Waals surface area contributed by atoms with Crippen molar-refractivity contribution in [2.75, 3.05) is 55.7 Å². The van der Waals surface area contributed by atoms with Crippen molar-refractivity contribution in [1.82, 2.24) is 10.6 Å². The first kappa shape index (κ1) is 41.1. The number of amides is 2. The standard InChI is InChI=1S/C34H44N2O8.2CH4/c1-39-27-21-25(22-28(40-2)33(27)43-5)15-9-11-17-31(37)35-19-13-7-8-14-20-36-32(38)18-12-10-16-26-23-29(41-3)34(44-6)30(24-26)42-4;;/h9-12,15-18,21-24H,7-8,13-14,19-20H2,1-6H3,(H,35,37)(H,36,38);2*1H4/b15-9+,16-10+,17-11+,18-12+;;. The fourth-order valence-corrected chi connectivity index (χ4v) is 4.16. The molecule has 0 aliphatic carbocycles. The number of allylic oxidation sites excluding steroid dienone is 4. The van der Waals surface area contributed by atoms with Gasteiger partial charge in [-0.1, -0.05) is 64.2 Å². The lowest BCUT2D eigenvalue weighted by atomic mass is 10.1. The Hall–Kier alpha value is -4.86. The van der Waals surface area contributed by atoms with Crippen LogP contribution < -0.4 is 39.1 Å². The van der Waals surface area contributed by atoms with Crippen LogP contribution in [-0.2, 0) is 9.59 Å². The van der Waals surface area contributed by atoms with E-state index in [1.54, 1.807) is 67.0 Å². The number of unbranched alkanes of at least 4 members (excludes halogenated alkanes) is 3. The van der Waals surface area contributed by atoms with Crippen molar-refractivity contribution in [3.63, 3.8) is 0 Å². The smallest absolute Gasteiger partial charge is 0.243 e. The number of benzene rings is 2. The van der Waals surface area contributed by atoms with Crippen LogP contribution in [0.15, 0.2) is 60.7 Å². The van der Waals surface area contributed by atoms with E-state index in [1.807, 2.05) is 36.4 Å². The third-order valence-corrected chi connectivity index (χ3v) is 6.37. The van der Waals surface area contributed by atoms with Gasteiger partial charge in [0.05, 0.1) is 42.7 Å². The minimum absolute atomic E-state index is 0. The largest absolute Gasteiger partial charge is 0.493 e. The summed E-state index contributed by atoms with van der Waals surface area (Å²) in [4.78, 5) is 24.1. The van der Waals surface area contributed by atoms with Crippen molar-refractivity contribution < 1.29 is 38.0 Å². The Balaban J connectivity index is 0.0000101. The van der Waals surface area contributed by atoms with Gasteiger partial charge in [0, 0.05) is 25.2 Å². The molecule has 2 rings (SSSR count). The Labute approximate surface area is 275 Å². The zero-order chi connectivity index (χ0) is 32.2. The Morgan fingerprint density at radius 1 is 0.522 bits per heavy atom. The fourth-order valence-electron chi connectivity index (χ4n) is 4.16. The third-order valence-electron chi connectivity index (χ3n) is 6.37. The summed E-state index contributed by atoms with van der Waals surface area (Å²) in [6.45, 7) is 1.18. The molecule has 0 heterocycles. The molecule has 0 atom stereocenters. The minimum atomic E-state index is -0.155. The van der Waals surface area contributed by atoms with Crippen molar-refractivity contribution in [3.05, 3.63) is 71.8 Å². The highest BCUT2D eigenvalue weighted by molar-refractivity contribution is 5.88. The topological polar surface area (TPSA) is 114 Å². The molecule has 0 fully saturated rings. The Morgan fingerprint density at radius 2 is 0.848 bits per heavy atom. The molecular formula is C36H52N2O8. The lowest BCUT2D eigenvalue weighted by molar-refractivity contribution is -0.117. The number of carbonyl (C=O) groups is 2. The van der Waals surface area contributed by atoms with Crippen LogP contribution in [0.25, 0.3) is 12.2 Å². The summed E-state index contributed by atoms with van der Waals surface area (Å²) < 4.78 is 32.1. The molecule has 2 N–H and O–H groups in total. The highest BCUT2D eigenvalue weighted by Crippen LogP contribution is 2.39. The molecule has 0 aliphatic rings. The number of rotatable bonds is 19. The van der Waals surface area contributed by atoms with E-state index in [1.165, 1.54) is 12.2 Å². The van der Waals surface area contributed by atoms with Crippen LogP contribution >= 0.6 is 0 Å². The van der Waals surface area contributed by atoms with E-state index >= 15 is 0 Å².